The molecule has 98 valence electrons. The lowest BCUT2D eigenvalue weighted by Gasteiger charge is -2.13. The van der Waals surface area contributed by atoms with Gasteiger partial charge < -0.3 is 5.32 Å². The highest BCUT2D eigenvalue weighted by molar-refractivity contribution is 5.70. The van der Waals surface area contributed by atoms with Crippen LogP contribution in [-0.2, 0) is 6.54 Å². The van der Waals surface area contributed by atoms with Gasteiger partial charge in [0.25, 0.3) is 0 Å². The lowest BCUT2D eigenvalue weighted by Crippen LogP contribution is -2.15. The summed E-state index contributed by atoms with van der Waals surface area (Å²) in [5, 5.41) is 3.52. The molecular weight excluding hydrogens is 237 g/mol. The average Bonchev–Trinajstić information content (AvgIpc) is 3.24. The number of rotatable bonds is 4. The molecule has 2 heteroatoms. The van der Waals surface area contributed by atoms with Gasteiger partial charge in [0.05, 0.1) is 0 Å². The lowest BCUT2D eigenvalue weighted by molar-refractivity contribution is 0.619. The molecule has 0 atom stereocenters. The van der Waals surface area contributed by atoms with E-state index in [2.05, 4.69) is 17.4 Å². The van der Waals surface area contributed by atoms with Crippen LogP contribution < -0.4 is 5.32 Å². The van der Waals surface area contributed by atoms with E-state index in [0.29, 0.717) is 6.04 Å². The van der Waals surface area contributed by atoms with E-state index >= 15 is 0 Å². The molecule has 1 fully saturated rings. The van der Waals surface area contributed by atoms with Gasteiger partial charge in [0.15, 0.2) is 0 Å². The van der Waals surface area contributed by atoms with Crippen molar-refractivity contribution < 1.29 is 4.39 Å². The van der Waals surface area contributed by atoms with Crippen LogP contribution in [0.4, 0.5) is 4.39 Å². The van der Waals surface area contributed by atoms with Crippen molar-refractivity contribution in [3.8, 4) is 11.1 Å². The number of nitrogens with one attached hydrogen (secondary N) is 1. The fourth-order valence-corrected chi connectivity index (χ4v) is 2.38. The molecule has 2 aromatic rings. The Morgan fingerprint density at radius 3 is 2.58 bits per heavy atom. The van der Waals surface area contributed by atoms with E-state index in [1.807, 2.05) is 25.1 Å². The fraction of sp³-hybridized carbons (Fsp3) is 0.294. The Hall–Kier alpha value is -1.67. The van der Waals surface area contributed by atoms with E-state index < -0.39 is 0 Å². The van der Waals surface area contributed by atoms with Crippen LogP contribution in [0, 0.1) is 12.7 Å². The molecule has 1 aliphatic rings. The summed E-state index contributed by atoms with van der Waals surface area (Å²) in [6.07, 6.45) is 2.56. The minimum atomic E-state index is -0.137. The van der Waals surface area contributed by atoms with Crippen LogP contribution >= 0.6 is 0 Å². The summed E-state index contributed by atoms with van der Waals surface area (Å²) in [6.45, 7) is 2.70. The predicted octanol–water partition coefficient (Wildman–Crippen LogP) is 4.05. The van der Waals surface area contributed by atoms with Gasteiger partial charge in [0.1, 0.15) is 5.82 Å². The molecule has 0 aliphatic heterocycles. The van der Waals surface area contributed by atoms with Gasteiger partial charge in [0, 0.05) is 12.6 Å². The molecule has 1 saturated carbocycles. The van der Waals surface area contributed by atoms with Crippen LogP contribution in [0.15, 0.2) is 42.5 Å². The quantitative estimate of drug-likeness (QED) is 0.869. The normalized spacial score (nSPS) is 14.6. The predicted molar refractivity (Wildman–Crippen MR) is 76.4 cm³/mol. The smallest absolute Gasteiger partial charge is 0.126 e. The van der Waals surface area contributed by atoms with Crippen molar-refractivity contribution in [3.63, 3.8) is 0 Å². The summed E-state index contributed by atoms with van der Waals surface area (Å²) < 4.78 is 13.7. The van der Waals surface area contributed by atoms with E-state index in [-0.39, 0.29) is 5.82 Å². The first-order chi connectivity index (χ1) is 9.25. The summed E-state index contributed by atoms with van der Waals surface area (Å²) >= 11 is 0. The molecular formula is C17H18FN. The molecule has 1 nitrogen and oxygen atoms in total. The Morgan fingerprint density at radius 1 is 1.05 bits per heavy atom. The van der Waals surface area contributed by atoms with Gasteiger partial charge in [-0.3, -0.25) is 0 Å². The Kier molecular flexibility index (Phi) is 3.34. The van der Waals surface area contributed by atoms with E-state index in [4.69, 9.17) is 0 Å². The van der Waals surface area contributed by atoms with Crippen LogP contribution in [0.5, 0.6) is 0 Å². The molecule has 2 aromatic carbocycles. The highest BCUT2D eigenvalue weighted by Crippen LogP contribution is 2.29. The minimum Gasteiger partial charge on any atom is -0.310 e. The summed E-state index contributed by atoms with van der Waals surface area (Å²) in [4.78, 5) is 0. The summed E-state index contributed by atoms with van der Waals surface area (Å²) in [7, 11) is 0. The number of benzene rings is 2. The SMILES string of the molecule is Cc1c(F)cccc1-c1ccccc1CNC1CC1. The van der Waals surface area contributed by atoms with Gasteiger partial charge in [-0.25, -0.2) is 4.39 Å². The zero-order valence-electron chi connectivity index (χ0n) is 11.1. The van der Waals surface area contributed by atoms with Crippen LogP contribution in [0.2, 0.25) is 0 Å². The first-order valence-electron chi connectivity index (χ1n) is 6.82. The highest BCUT2D eigenvalue weighted by Gasteiger charge is 2.20. The molecule has 0 amide bonds. The third kappa shape index (κ3) is 2.69. The second kappa shape index (κ2) is 5.14. The average molecular weight is 255 g/mol. The molecule has 0 unspecified atom stereocenters. The topological polar surface area (TPSA) is 12.0 Å². The molecule has 1 aliphatic carbocycles. The van der Waals surface area contributed by atoms with E-state index in [9.17, 15) is 4.39 Å². The van der Waals surface area contributed by atoms with Gasteiger partial charge in [-0.15, -0.1) is 0 Å². The molecule has 0 spiro atoms. The molecule has 0 bridgehead atoms. The van der Waals surface area contributed by atoms with Gasteiger partial charge in [-0.05, 0) is 48.1 Å². The second-order valence-electron chi connectivity index (χ2n) is 5.22. The highest BCUT2D eigenvalue weighted by atomic mass is 19.1. The Balaban J connectivity index is 1.96. The molecule has 19 heavy (non-hydrogen) atoms. The molecule has 3 rings (SSSR count). The molecule has 0 heterocycles. The summed E-state index contributed by atoms with van der Waals surface area (Å²) in [6, 6.07) is 14.2. The van der Waals surface area contributed by atoms with Crippen molar-refractivity contribution in [1.82, 2.24) is 5.32 Å². The number of hydrogen-bond donors (Lipinski definition) is 1. The first-order valence-corrected chi connectivity index (χ1v) is 6.82. The van der Waals surface area contributed by atoms with Gasteiger partial charge in [0.2, 0.25) is 0 Å². The maximum Gasteiger partial charge on any atom is 0.126 e. The van der Waals surface area contributed by atoms with Crippen molar-refractivity contribution in [3.05, 3.63) is 59.4 Å². The first kappa shape index (κ1) is 12.4. The van der Waals surface area contributed by atoms with Crippen molar-refractivity contribution >= 4 is 0 Å². The second-order valence-corrected chi connectivity index (χ2v) is 5.22. The van der Waals surface area contributed by atoms with Gasteiger partial charge >= 0.3 is 0 Å². The Labute approximate surface area is 113 Å². The maximum absolute atomic E-state index is 13.7. The lowest BCUT2D eigenvalue weighted by atomic mass is 9.95. The van der Waals surface area contributed by atoms with Crippen LogP contribution in [-0.4, -0.2) is 6.04 Å². The van der Waals surface area contributed by atoms with Crippen LogP contribution in [0.1, 0.15) is 24.0 Å². The van der Waals surface area contributed by atoms with Gasteiger partial charge in [-0.2, -0.15) is 0 Å². The minimum absolute atomic E-state index is 0.137. The zero-order valence-corrected chi connectivity index (χ0v) is 11.1. The van der Waals surface area contributed by atoms with Crippen molar-refractivity contribution in [2.75, 3.05) is 0 Å². The monoisotopic (exact) mass is 255 g/mol. The van der Waals surface area contributed by atoms with Crippen molar-refractivity contribution in [2.24, 2.45) is 0 Å². The molecule has 0 saturated heterocycles. The maximum atomic E-state index is 13.7. The van der Waals surface area contributed by atoms with Crippen molar-refractivity contribution in [1.29, 1.82) is 0 Å². The number of hydrogen-bond acceptors (Lipinski definition) is 1. The molecule has 0 aromatic heterocycles. The fourth-order valence-electron chi connectivity index (χ4n) is 2.38. The van der Waals surface area contributed by atoms with E-state index in [1.54, 1.807) is 6.07 Å². The Bertz CT molecular complexity index is 588. The van der Waals surface area contributed by atoms with Crippen LogP contribution in [0.3, 0.4) is 0 Å². The third-order valence-corrected chi connectivity index (χ3v) is 3.73. The summed E-state index contributed by atoms with van der Waals surface area (Å²) in [5.74, 6) is -0.137. The zero-order chi connectivity index (χ0) is 13.2. The third-order valence-electron chi connectivity index (χ3n) is 3.73. The van der Waals surface area contributed by atoms with E-state index in [0.717, 1.165) is 23.2 Å². The summed E-state index contributed by atoms with van der Waals surface area (Å²) in [5.41, 5.74) is 4.09. The molecule has 1 N–H and O–H groups in total. The number of halogens is 1. The molecule has 0 radical (unpaired) electrons. The van der Waals surface area contributed by atoms with Gasteiger partial charge in [-0.1, -0.05) is 36.4 Å². The van der Waals surface area contributed by atoms with Crippen LogP contribution in [0.25, 0.3) is 11.1 Å². The Morgan fingerprint density at radius 2 is 1.79 bits per heavy atom. The van der Waals surface area contributed by atoms with E-state index in [1.165, 1.54) is 24.5 Å². The standard InChI is InChI=1S/C17H18FN/c1-12-15(7-4-8-17(12)18)16-6-3-2-5-13(16)11-19-14-9-10-14/h2-8,14,19H,9-11H2,1H3. The van der Waals surface area contributed by atoms with Crippen molar-refractivity contribution in [2.45, 2.75) is 32.4 Å². The largest absolute Gasteiger partial charge is 0.310 e.